The van der Waals surface area contributed by atoms with Crippen LogP contribution in [0.4, 0.5) is 11.6 Å². The van der Waals surface area contributed by atoms with Gasteiger partial charge in [-0.25, -0.2) is 9.97 Å². The number of aromatic nitrogens is 2. The molecule has 7 N–H and O–H groups in total. The number of guanidine groups is 1. The number of allylic oxidation sites excluding steroid dienone is 1. The van der Waals surface area contributed by atoms with Gasteiger partial charge in [-0.1, -0.05) is 41.9 Å². The van der Waals surface area contributed by atoms with Crippen molar-refractivity contribution in [2.75, 3.05) is 31.1 Å². The zero-order valence-electron chi connectivity index (χ0n) is 21.5. The van der Waals surface area contributed by atoms with Crippen LogP contribution in [0.5, 0.6) is 0 Å². The molecule has 1 aliphatic carbocycles. The van der Waals surface area contributed by atoms with E-state index in [2.05, 4.69) is 49.1 Å². The SMILES string of the molecule is CC(=O)N[C@@H](CC1=CCc2ccccc21)C(=O)N1CCC2(CC1)CN=C(NC(=O)c1nc(Cl)c(N)nc1N)N2. The van der Waals surface area contributed by atoms with Gasteiger partial charge in [0.25, 0.3) is 5.91 Å². The number of amides is 3. The highest BCUT2D eigenvalue weighted by molar-refractivity contribution is 6.31. The number of nitrogens with two attached hydrogens (primary N) is 2. The van der Waals surface area contributed by atoms with Gasteiger partial charge in [0.05, 0.1) is 12.1 Å². The molecule has 12 nitrogen and oxygen atoms in total. The molecule has 1 fully saturated rings. The number of anilines is 2. The smallest absolute Gasteiger partial charge is 0.280 e. The topological polar surface area (TPSA) is 181 Å². The average Bonchev–Trinajstić information content (AvgIpc) is 3.49. The zero-order valence-corrected chi connectivity index (χ0v) is 22.2. The second-order valence-electron chi connectivity index (χ2n) is 10.0. The Morgan fingerprint density at radius 2 is 1.90 bits per heavy atom. The number of aliphatic imine (C=N–C) groups is 1. The number of carbonyl (C=O) groups excluding carboxylic acids is 3. The molecule has 204 valence electrons. The Labute approximate surface area is 230 Å². The average molecular weight is 552 g/mol. The second-order valence-corrected chi connectivity index (χ2v) is 10.4. The van der Waals surface area contributed by atoms with Crippen LogP contribution in [0.1, 0.15) is 47.8 Å². The summed E-state index contributed by atoms with van der Waals surface area (Å²) < 4.78 is 0. The van der Waals surface area contributed by atoms with Crippen molar-refractivity contribution in [3.63, 3.8) is 0 Å². The van der Waals surface area contributed by atoms with Crippen LogP contribution in [-0.4, -0.2) is 69.8 Å². The highest BCUT2D eigenvalue weighted by atomic mass is 35.5. The third-order valence-electron chi connectivity index (χ3n) is 7.34. The lowest BCUT2D eigenvalue weighted by Crippen LogP contribution is -2.59. The van der Waals surface area contributed by atoms with Gasteiger partial charge in [-0.05, 0) is 36.0 Å². The van der Waals surface area contributed by atoms with Crippen LogP contribution in [-0.2, 0) is 16.0 Å². The number of carbonyl (C=O) groups is 3. The largest absolute Gasteiger partial charge is 0.382 e. The van der Waals surface area contributed by atoms with Gasteiger partial charge in [0.15, 0.2) is 28.4 Å². The number of hydrogen-bond donors (Lipinski definition) is 5. The van der Waals surface area contributed by atoms with Crippen LogP contribution in [0.3, 0.4) is 0 Å². The molecule has 3 aliphatic rings. The van der Waals surface area contributed by atoms with Crippen molar-refractivity contribution in [2.24, 2.45) is 4.99 Å². The summed E-state index contributed by atoms with van der Waals surface area (Å²) in [5.74, 6) is -0.872. The molecule has 1 saturated heterocycles. The molecule has 1 spiro atoms. The van der Waals surface area contributed by atoms with Crippen molar-refractivity contribution in [1.29, 1.82) is 0 Å². The fourth-order valence-electron chi connectivity index (χ4n) is 5.28. The molecular formula is C26H30ClN9O3. The van der Waals surface area contributed by atoms with Crippen molar-refractivity contribution in [3.05, 3.63) is 52.3 Å². The summed E-state index contributed by atoms with van der Waals surface area (Å²) in [6.07, 6.45) is 4.64. The molecule has 39 heavy (non-hydrogen) atoms. The third-order valence-corrected chi connectivity index (χ3v) is 7.62. The fraction of sp³-hybridized carbons (Fsp3) is 0.385. The first-order valence-corrected chi connectivity index (χ1v) is 13.1. The second kappa shape index (κ2) is 10.5. The van der Waals surface area contributed by atoms with Crippen molar-refractivity contribution < 1.29 is 14.4 Å². The molecule has 1 atom stereocenters. The Kier molecular flexibility index (Phi) is 7.13. The van der Waals surface area contributed by atoms with E-state index in [0.717, 1.165) is 17.6 Å². The number of rotatable bonds is 5. The van der Waals surface area contributed by atoms with E-state index in [-0.39, 0.29) is 40.3 Å². The summed E-state index contributed by atoms with van der Waals surface area (Å²) >= 11 is 5.88. The number of nitrogens with one attached hydrogen (secondary N) is 3. The van der Waals surface area contributed by atoms with Crippen LogP contribution in [0.15, 0.2) is 35.3 Å². The summed E-state index contributed by atoms with van der Waals surface area (Å²) in [4.78, 5) is 52.1. The fourth-order valence-corrected chi connectivity index (χ4v) is 5.41. The summed E-state index contributed by atoms with van der Waals surface area (Å²) in [5, 5.41) is 8.70. The standard InChI is InChI=1S/C26H30ClN9O3/c1-14(37)31-18(12-16-7-6-15-4-2-3-5-17(15)16)24(39)36-10-8-26(9-11-36)13-30-25(35-26)34-23(38)19-21(28)33-22(29)20(27)32-19/h2-5,7,18H,6,8-13H2,1H3,(H,31,37)(H4,28,29,33)(H2,30,34,35,38)/t18-/m0/s1. The van der Waals surface area contributed by atoms with Gasteiger partial charge in [-0.2, -0.15) is 0 Å². The predicted molar refractivity (Wildman–Crippen MR) is 148 cm³/mol. The number of likely N-dealkylation sites (tertiary alicyclic amines) is 1. The van der Waals surface area contributed by atoms with Gasteiger partial charge >= 0.3 is 0 Å². The molecule has 0 radical (unpaired) electrons. The highest BCUT2D eigenvalue weighted by Gasteiger charge is 2.41. The molecule has 13 heteroatoms. The maximum atomic E-state index is 13.5. The number of benzene rings is 1. The number of nitrogen functional groups attached to an aromatic ring is 2. The van der Waals surface area contributed by atoms with Gasteiger partial charge in [0.1, 0.15) is 6.04 Å². The molecule has 0 unspecified atom stereocenters. The van der Waals surface area contributed by atoms with E-state index in [1.54, 1.807) is 4.90 Å². The number of nitrogens with zero attached hydrogens (tertiary/aromatic N) is 4. The lowest BCUT2D eigenvalue weighted by molar-refractivity contribution is -0.137. The molecule has 1 aromatic carbocycles. The van der Waals surface area contributed by atoms with Crippen molar-refractivity contribution in [3.8, 4) is 0 Å². The van der Waals surface area contributed by atoms with Crippen LogP contribution < -0.4 is 27.4 Å². The van der Waals surface area contributed by atoms with Crippen molar-refractivity contribution in [1.82, 2.24) is 30.8 Å². The molecule has 2 aliphatic heterocycles. The van der Waals surface area contributed by atoms with Gasteiger partial charge in [0, 0.05) is 26.4 Å². The first-order valence-electron chi connectivity index (χ1n) is 12.7. The van der Waals surface area contributed by atoms with Gasteiger partial charge in [-0.3, -0.25) is 24.7 Å². The highest BCUT2D eigenvalue weighted by Crippen LogP contribution is 2.32. The Morgan fingerprint density at radius 3 is 2.64 bits per heavy atom. The van der Waals surface area contributed by atoms with Gasteiger partial charge in [0.2, 0.25) is 11.8 Å². The van der Waals surface area contributed by atoms with E-state index < -0.39 is 17.5 Å². The Morgan fingerprint density at radius 1 is 1.15 bits per heavy atom. The van der Waals surface area contributed by atoms with E-state index in [1.165, 1.54) is 12.5 Å². The molecule has 3 amide bonds. The third kappa shape index (κ3) is 5.51. The zero-order chi connectivity index (χ0) is 27.7. The summed E-state index contributed by atoms with van der Waals surface area (Å²) in [5.41, 5.74) is 14.2. The molecule has 0 bridgehead atoms. The number of halogens is 1. The summed E-state index contributed by atoms with van der Waals surface area (Å²) in [6.45, 7) is 2.84. The number of piperidine rings is 1. The molecule has 1 aromatic heterocycles. The van der Waals surface area contributed by atoms with Gasteiger partial charge in [-0.15, -0.1) is 0 Å². The maximum Gasteiger partial charge on any atom is 0.280 e. The molecule has 2 aromatic rings. The maximum absolute atomic E-state index is 13.5. The van der Waals surface area contributed by atoms with Crippen molar-refractivity contribution >= 4 is 52.5 Å². The minimum atomic E-state index is -0.644. The Bertz CT molecular complexity index is 1400. The van der Waals surface area contributed by atoms with E-state index in [4.69, 9.17) is 23.1 Å². The van der Waals surface area contributed by atoms with E-state index in [0.29, 0.717) is 38.9 Å². The minimum Gasteiger partial charge on any atom is -0.382 e. The van der Waals surface area contributed by atoms with Crippen LogP contribution >= 0.6 is 11.6 Å². The molecule has 0 saturated carbocycles. The van der Waals surface area contributed by atoms with Crippen molar-refractivity contribution in [2.45, 2.75) is 44.2 Å². The Balaban J connectivity index is 1.18. The monoisotopic (exact) mass is 551 g/mol. The van der Waals surface area contributed by atoms with E-state index in [9.17, 15) is 14.4 Å². The predicted octanol–water partition coefficient (Wildman–Crippen LogP) is 0.879. The van der Waals surface area contributed by atoms with Crippen LogP contribution in [0.25, 0.3) is 5.57 Å². The Hall–Kier alpha value is -4.19. The van der Waals surface area contributed by atoms with Gasteiger partial charge < -0.3 is 27.0 Å². The molecule has 5 rings (SSSR count). The quantitative estimate of drug-likeness (QED) is 0.363. The molecular weight excluding hydrogens is 522 g/mol. The minimum absolute atomic E-state index is 0.0622. The van der Waals surface area contributed by atoms with Crippen LogP contribution in [0, 0.1) is 0 Å². The lowest BCUT2D eigenvalue weighted by Gasteiger charge is -2.40. The van der Waals surface area contributed by atoms with E-state index >= 15 is 0 Å². The first kappa shape index (κ1) is 26.4. The van der Waals surface area contributed by atoms with Crippen LogP contribution in [0.2, 0.25) is 5.15 Å². The first-order chi connectivity index (χ1) is 18.6. The number of fused-ring (bicyclic) bond motifs is 1. The normalized spacial score (nSPS) is 18.1. The van der Waals surface area contributed by atoms with E-state index in [1.807, 2.05) is 12.1 Å². The lowest BCUT2D eigenvalue weighted by atomic mass is 9.88. The summed E-state index contributed by atoms with van der Waals surface area (Å²) in [6, 6.07) is 7.48. The summed E-state index contributed by atoms with van der Waals surface area (Å²) in [7, 11) is 0. The number of hydrogen-bond acceptors (Lipinski definition) is 9. The molecule has 3 heterocycles.